The van der Waals surface area contributed by atoms with Crippen molar-refractivity contribution in [2.24, 2.45) is 5.73 Å². The summed E-state index contributed by atoms with van der Waals surface area (Å²) in [6, 6.07) is 29.3. The molecule has 26 heteroatoms. The van der Waals surface area contributed by atoms with Gasteiger partial charge in [-0.05, 0) is 95.8 Å². The van der Waals surface area contributed by atoms with Gasteiger partial charge in [-0.15, -0.1) is 0 Å². The third-order valence-corrected chi connectivity index (χ3v) is 13.1. The number of carbonyl (C=O) groups excluding carboxylic acids is 5. The van der Waals surface area contributed by atoms with Crippen LogP contribution < -0.4 is 25.8 Å². The summed E-state index contributed by atoms with van der Waals surface area (Å²) in [5, 5.41) is 31.6. The number of aliphatic carboxylic acids is 1. The standard InChI is InChI=1S/C54H50F4N10O7.C2HF3O2/c55-53(56)25-38(27-59)67(32-53)49(70)30-64-51(72)42-15-17-62-46-13-7-36(23-44(42)46)34-3-9-40(10-4-34)74-21-1-19-66(48(69)29-61)20-2-22-75-41-11-5-35(6-12-41)37-8-14-47-45(24-37)43(16-18-63-47)52(73)65-31-50(71)68-33-54(57,58)26-39(68)28-60;3-2(4,5)1(6)7/h3-18,23-24,38-39H,1-2,19-22,25-26,29-33,61H2,(H,64,72)(H,65,73);(H,6,7)/t38-,39-;/m0./s1. The van der Waals surface area contributed by atoms with E-state index in [1.54, 1.807) is 65.6 Å². The van der Waals surface area contributed by atoms with Gasteiger partial charge in [0.2, 0.25) is 17.7 Å². The van der Waals surface area contributed by atoms with Crippen LogP contribution in [0.15, 0.2) is 109 Å². The molecule has 0 radical (unpaired) electrons. The first kappa shape index (κ1) is 60.2. The van der Waals surface area contributed by atoms with E-state index in [2.05, 4.69) is 20.6 Å². The zero-order chi connectivity index (χ0) is 59.4. The number of fused-ring (bicyclic) bond motifs is 2. The highest BCUT2D eigenvalue weighted by atomic mass is 19.4. The summed E-state index contributed by atoms with van der Waals surface area (Å²) < 4.78 is 99.3. The Morgan fingerprint density at radius 3 is 1.38 bits per heavy atom. The number of ether oxygens (including phenoxy) is 2. The average molecular weight is 1140 g/mol. The average Bonchev–Trinajstić information content (AvgIpc) is 4.06. The Kier molecular flexibility index (Phi) is 19.3. The number of benzene rings is 4. The number of carboxylic acids is 1. The number of halogens is 7. The topological polar surface area (TPSA) is 274 Å². The first-order chi connectivity index (χ1) is 39.0. The fraction of sp³-hybridized carbons (Fsp3) is 0.321. The van der Waals surface area contributed by atoms with Crippen LogP contribution in [-0.4, -0.2) is 154 Å². The van der Waals surface area contributed by atoms with Crippen molar-refractivity contribution in [1.29, 1.82) is 10.5 Å². The van der Waals surface area contributed by atoms with Gasteiger partial charge in [-0.3, -0.25) is 33.9 Å². The van der Waals surface area contributed by atoms with E-state index < -0.39 is 98.7 Å². The van der Waals surface area contributed by atoms with Crippen molar-refractivity contribution in [3.63, 3.8) is 0 Å². The van der Waals surface area contributed by atoms with Gasteiger partial charge >= 0.3 is 12.1 Å². The number of amides is 5. The predicted octanol–water partition coefficient (Wildman–Crippen LogP) is 6.75. The molecule has 2 atom stereocenters. The van der Waals surface area contributed by atoms with Gasteiger partial charge in [0.25, 0.3) is 23.7 Å². The number of alkyl halides is 7. The van der Waals surface area contributed by atoms with Crippen molar-refractivity contribution < 1.29 is 74.1 Å². The molecule has 0 saturated carbocycles. The number of carboxylic acid groups (broad SMARTS) is 1. The van der Waals surface area contributed by atoms with E-state index >= 15 is 0 Å². The molecule has 19 nitrogen and oxygen atoms in total. The van der Waals surface area contributed by atoms with Gasteiger partial charge in [0, 0.05) is 49.1 Å². The summed E-state index contributed by atoms with van der Waals surface area (Å²) in [5.41, 5.74) is 10.4. The Morgan fingerprint density at radius 2 is 1.02 bits per heavy atom. The van der Waals surface area contributed by atoms with Crippen molar-refractivity contribution in [1.82, 2.24) is 35.3 Å². The molecular weight excluding hydrogens is 1090 g/mol. The molecule has 2 aliphatic rings. The monoisotopic (exact) mass is 1140 g/mol. The van der Waals surface area contributed by atoms with Crippen LogP contribution in [0.25, 0.3) is 44.1 Å². The Hall–Kier alpha value is -9.43. The first-order valence-corrected chi connectivity index (χ1v) is 25.2. The molecule has 4 aromatic carbocycles. The molecule has 2 aliphatic heterocycles. The molecule has 2 saturated heterocycles. The summed E-state index contributed by atoms with van der Waals surface area (Å²) in [5.74, 6) is -10.9. The van der Waals surface area contributed by atoms with E-state index in [0.29, 0.717) is 72.4 Å². The van der Waals surface area contributed by atoms with Gasteiger partial charge in [0.1, 0.15) is 23.6 Å². The van der Waals surface area contributed by atoms with Crippen molar-refractivity contribution in [3.8, 4) is 45.9 Å². The number of aromatic nitrogens is 2. The van der Waals surface area contributed by atoms with Crippen LogP contribution in [-0.2, 0) is 19.2 Å². The summed E-state index contributed by atoms with van der Waals surface area (Å²) >= 11 is 0. The zero-order valence-corrected chi connectivity index (χ0v) is 43.3. The van der Waals surface area contributed by atoms with Crippen LogP contribution in [0.3, 0.4) is 0 Å². The van der Waals surface area contributed by atoms with Crippen LogP contribution in [0, 0.1) is 22.7 Å². The van der Waals surface area contributed by atoms with Crippen LogP contribution in [0.1, 0.15) is 46.4 Å². The minimum atomic E-state index is -5.08. The molecule has 0 bridgehead atoms. The lowest BCUT2D eigenvalue weighted by Crippen LogP contribution is -2.43. The number of hydrogen-bond acceptors (Lipinski definition) is 13. The van der Waals surface area contributed by atoms with E-state index in [1.165, 1.54) is 24.5 Å². The van der Waals surface area contributed by atoms with E-state index in [4.69, 9.17) is 25.1 Å². The maximum Gasteiger partial charge on any atom is 0.490 e. The number of nitriles is 2. The molecule has 0 spiro atoms. The lowest BCUT2D eigenvalue weighted by Gasteiger charge is -2.22. The first-order valence-electron chi connectivity index (χ1n) is 25.2. The molecule has 0 unspecified atom stereocenters. The summed E-state index contributed by atoms with van der Waals surface area (Å²) in [4.78, 5) is 85.4. The molecule has 428 valence electrons. The van der Waals surface area contributed by atoms with Gasteiger partial charge in [-0.25, -0.2) is 22.4 Å². The van der Waals surface area contributed by atoms with E-state index in [0.717, 1.165) is 32.1 Å². The minimum Gasteiger partial charge on any atom is -0.494 e. The summed E-state index contributed by atoms with van der Waals surface area (Å²) in [6.07, 6.45) is -2.63. The largest absolute Gasteiger partial charge is 0.494 e. The number of rotatable bonds is 19. The smallest absolute Gasteiger partial charge is 0.490 e. The maximum atomic E-state index is 13.9. The number of nitrogens with two attached hydrogens (primary N) is 1. The Balaban J connectivity index is 0.00000130. The summed E-state index contributed by atoms with van der Waals surface area (Å²) in [6.45, 7) is -1.61. The van der Waals surface area contributed by atoms with E-state index in [9.17, 15) is 65.2 Å². The second-order valence-electron chi connectivity index (χ2n) is 18.8. The lowest BCUT2D eigenvalue weighted by atomic mass is 10.0. The third kappa shape index (κ3) is 15.5. The van der Waals surface area contributed by atoms with Crippen LogP contribution in [0.5, 0.6) is 11.5 Å². The van der Waals surface area contributed by atoms with Crippen LogP contribution >= 0.6 is 0 Å². The molecule has 82 heavy (non-hydrogen) atoms. The molecule has 4 heterocycles. The number of pyridine rings is 2. The molecule has 2 aromatic heterocycles. The molecule has 0 aliphatic carbocycles. The number of likely N-dealkylation sites (tertiary alicyclic amines) is 2. The van der Waals surface area contributed by atoms with E-state index in [1.807, 2.05) is 36.4 Å². The predicted molar refractivity (Wildman–Crippen MR) is 280 cm³/mol. The number of hydrogen-bond donors (Lipinski definition) is 4. The van der Waals surface area contributed by atoms with Crippen molar-refractivity contribution in [3.05, 3.63) is 121 Å². The maximum absolute atomic E-state index is 13.9. The second-order valence-corrected chi connectivity index (χ2v) is 18.8. The second kappa shape index (κ2) is 26.2. The van der Waals surface area contributed by atoms with Crippen molar-refractivity contribution in [2.75, 3.05) is 59.0 Å². The van der Waals surface area contributed by atoms with Crippen molar-refractivity contribution in [2.45, 2.75) is 55.8 Å². The molecule has 5 amide bonds. The Morgan fingerprint density at radius 1 is 0.646 bits per heavy atom. The normalized spacial score (nSPS) is 16.0. The fourth-order valence-electron chi connectivity index (χ4n) is 9.01. The van der Waals surface area contributed by atoms with Gasteiger partial charge in [0.05, 0.1) is 80.2 Å². The van der Waals surface area contributed by atoms with Gasteiger partial charge < -0.3 is 45.6 Å². The Bertz CT molecular complexity index is 3230. The number of nitrogens with zero attached hydrogens (tertiary/aromatic N) is 7. The molecule has 2 fully saturated rings. The molecule has 8 rings (SSSR count). The minimum absolute atomic E-state index is 0.156. The zero-order valence-electron chi connectivity index (χ0n) is 43.3. The molecular formula is C56H51F7N10O9. The third-order valence-electron chi connectivity index (χ3n) is 13.1. The van der Waals surface area contributed by atoms with Crippen LogP contribution in [0.4, 0.5) is 30.7 Å². The molecule has 6 aromatic rings. The number of carbonyl (C=O) groups is 6. The highest BCUT2D eigenvalue weighted by Crippen LogP contribution is 2.34. The van der Waals surface area contributed by atoms with Gasteiger partial charge in [-0.2, -0.15) is 23.7 Å². The Labute approximate surface area is 463 Å². The van der Waals surface area contributed by atoms with E-state index in [-0.39, 0.29) is 23.6 Å². The van der Waals surface area contributed by atoms with Gasteiger partial charge in [-0.1, -0.05) is 36.4 Å². The highest BCUT2D eigenvalue weighted by Gasteiger charge is 2.48. The SMILES string of the molecule is N#C[C@@H]1CC(F)(F)CN1C(=O)CNC(=O)c1ccnc2ccc(-c3ccc(OCCCN(CCCOc4ccc(-c5ccc6nccc(C(=O)NCC(=O)N7CC(F)(F)C[C@H]7C#N)c6c5)cc4)C(=O)CN)cc3)cc12.O=C(O)C(F)(F)F. The number of nitrogens with one attached hydrogen (secondary N) is 2. The van der Waals surface area contributed by atoms with Gasteiger partial charge in [0.15, 0.2) is 0 Å². The fourth-order valence-corrected chi connectivity index (χ4v) is 9.01. The highest BCUT2D eigenvalue weighted by molar-refractivity contribution is 6.09. The van der Waals surface area contributed by atoms with Crippen LogP contribution in [0.2, 0.25) is 0 Å². The summed E-state index contributed by atoms with van der Waals surface area (Å²) in [7, 11) is 0. The van der Waals surface area contributed by atoms with Crippen molar-refractivity contribution >= 4 is 57.3 Å². The lowest BCUT2D eigenvalue weighted by molar-refractivity contribution is -0.192. The quantitative estimate of drug-likeness (QED) is 0.0482. The molecule has 5 N–H and O–H groups in total.